The van der Waals surface area contributed by atoms with Gasteiger partial charge in [-0.15, -0.1) is 0 Å². The molecule has 0 saturated carbocycles. The standard InChI is InChI=1S/C20H26N2O4/c1-12(2)11-26-13(3)19(23)22-8-7-18-16(10-22)15-9-14(20(24)25-4)5-6-17(15)21-18/h5-6,9,12-13,21H,7-8,10-11H2,1-4H3. The molecule has 1 aromatic carbocycles. The molecule has 6 nitrogen and oxygen atoms in total. The van der Waals surface area contributed by atoms with E-state index in [4.69, 9.17) is 9.47 Å². The van der Waals surface area contributed by atoms with Crippen molar-refractivity contribution in [2.45, 2.75) is 39.8 Å². The van der Waals surface area contributed by atoms with Crippen LogP contribution in [0.3, 0.4) is 0 Å². The molecule has 1 atom stereocenters. The number of benzene rings is 1. The summed E-state index contributed by atoms with van der Waals surface area (Å²) in [6, 6.07) is 5.48. The summed E-state index contributed by atoms with van der Waals surface area (Å²) < 4.78 is 10.5. The SMILES string of the molecule is COC(=O)c1ccc2[nH]c3c(c2c1)CN(C(=O)C(C)OCC(C)C)CC3. The number of amides is 1. The number of nitrogens with one attached hydrogen (secondary N) is 1. The van der Waals surface area contributed by atoms with Gasteiger partial charge in [0, 0.05) is 48.3 Å². The molecule has 1 N–H and O–H groups in total. The predicted octanol–water partition coefficient (Wildman–Crippen LogP) is 2.90. The monoisotopic (exact) mass is 358 g/mol. The Morgan fingerprint density at radius 2 is 2.04 bits per heavy atom. The Balaban J connectivity index is 1.82. The predicted molar refractivity (Wildman–Crippen MR) is 99.0 cm³/mol. The molecule has 0 bridgehead atoms. The molecular weight excluding hydrogens is 332 g/mol. The number of fused-ring (bicyclic) bond motifs is 3. The largest absolute Gasteiger partial charge is 0.465 e. The zero-order valence-corrected chi connectivity index (χ0v) is 15.8. The minimum Gasteiger partial charge on any atom is -0.465 e. The number of H-pyrrole nitrogens is 1. The summed E-state index contributed by atoms with van der Waals surface area (Å²) in [5.74, 6) is 0.0413. The molecule has 1 aliphatic heterocycles. The zero-order chi connectivity index (χ0) is 18.8. The fraction of sp³-hybridized carbons (Fsp3) is 0.500. The van der Waals surface area contributed by atoms with E-state index in [1.165, 1.54) is 7.11 Å². The Bertz CT molecular complexity index is 825. The van der Waals surface area contributed by atoms with Gasteiger partial charge in [-0.2, -0.15) is 0 Å². The molecule has 0 spiro atoms. The fourth-order valence-electron chi connectivity index (χ4n) is 3.31. The number of esters is 1. The van der Waals surface area contributed by atoms with Crippen LogP contribution in [-0.4, -0.2) is 48.1 Å². The van der Waals surface area contributed by atoms with Crippen molar-refractivity contribution in [1.29, 1.82) is 0 Å². The number of nitrogens with zero attached hydrogens (tertiary/aromatic N) is 1. The van der Waals surface area contributed by atoms with Gasteiger partial charge in [0.05, 0.1) is 12.7 Å². The third kappa shape index (κ3) is 3.60. The van der Waals surface area contributed by atoms with E-state index in [0.717, 1.165) is 28.6 Å². The Kier molecular flexibility index (Phi) is 5.32. The lowest BCUT2D eigenvalue weighted by molar-refractivity contribution is -0.144. The number of ether oxygens (including phenoxy) is 2. The van der Waals surface area contributed by atoms with Crippen molar-refractivity contribution in [2.24, 2.45) is 5.92 Å². The normalized spacial score (nSPS) is 15.2. The molecule has 1 aromatic heterocycles. The van der Waals surface area contributed by atoms with E-state index in [1.54, 1.807) is 6.07 Å². The van der Waals surface area contributed by atoms with Gasteiger partial charge in [0.2, 0.25) is 0 Å². The molecule has 1 unspecified atom stereocenters. The average Bonchev–Trinajstić information content (AvgIpc) is 3.01. The topological polar surface area (TPSA) is 71.6 Å². The van der Waals surface area contributed by atoms with Crippen LogP contribution in [0, 0.1) is 5.92 Å². The summed E-state index contributed by atoms with van der Waals surface area (Å²) in [5, 5.41) is 0.969. The van der Waals surface area contributed by atoms with Gasteiger partial charge in [-0.25, -0.2) is 4.79 Å². The molecule has 2 aromatic rings. The summed E-state index contributed by atoms with van der Waals surface area (Å²) in [7, 11) is 1.37. The lowest BCUT2D eigenvalue weighted by Crippen LogP contribution is -2.42. The van der Waals surface area contributed by atoms with Crippen molar-refractivity contribution in [1.82, 2.24) is 9.88 Å². The van der Waals surface area contributed by atoms with Crippen LogP contribution in [0.4, 0.5) is 0 Å². The highest BCUT2D eigenvalue weighted by atomic mass is 16.5. The van der Waals surface area contributed by atoms with Crippen molar-refractivity contribution >= 4 is 22.8 Å². The van der Waals surface area contributed by atoms with E-state index in [1.807, 2.05) is 24.0 Å². The van der Waals surface area contributed by atoms with Crippen molar-refractivity contribution in [3.05, 3.63) is 35.0 Å². The highest BCUT2D eigenvalue weighted by Gasteiger charge is 2.27. The maximum absolute atomic E-state index is 12.7. The molecule has 1 amide bonds. The fourth-order valence-corrected chi connectivity index (χ4v) is 3.31. The first-order valence-electron chi connectivity index (χ1n) is 9.03. The smallest absolute Gasteiger partial charge is 0.337 e. The number of rotatable bonds is 5. The summed E-state index contributed by atoms with van der Waals surface area (Å²) >= 11 is 0. The number of hydrogen-bond donors (Lipinski definition) is 1. The van der Waals surface area contributed by atoms with Gasteiger partial charge in [-0.1, -0.05) is 13.8 Å². The number of aromatic amines is 1. The second kappa shape index (κ2) is 7.50. The number of methoxy groups -OCH3 is 1. The van der Waals surface area contributed by atoms with Crippen LogP contribution in [0.1, 0.15) is 42.4 Å². The van der Waals surface area contributed by atoms with Gasteiger partial charge in [0.25, 0.3) is 5.91 Å². The lowest BCUT2D eigenvalue weighted by atomic mass is 10.0. The van der Waals surface area contributed by atoms with Crippen LogP contribution in [0.2, 0.25) is 0 Å². The third-order valence-electron chi connectivity index (χ3n) is 4.74. The molecule has 0 aliphatic carbocycles. The van der Waals surface area contributed by atoms with Crippen molar-refractivity contribution in [2.75, 3.05) is 20.3 Å². The quantitative estimate of drug-likeness (QED) is 0.834. The van der Waals surface area contributed by atoms with Crippen LogP contribution < -0.4 is 0 Å². The molecule has 6 heteroatoms. The van der Waals surface area contributed by atoms with Crippen LogP contribution in [0.15, 0.2) is 18.2 Å². The van der Waals surface area contributed by atoms with E-state index in [0.29, 0.717) is 31.2 Å². The minimum absolute atomic E-state index is 0.00905. The van der Waals surface area contributed by atoms with Gasteiger partial charge < -0.3 is 19.4 Å². The van der Waals surface area contributed by atoms with Gasteiger partial charge >= 0.3 is 5.97 Å². The first-order chi connectivity index (χ1) is 12.4. The summed E-state index contributed by atoms with van der Waals surface area (Å²) in [4.78, 5) is 29.8. The first-order valence-corrected chi connectivity index (χ1v) is 9.03. The maximum Gasteiger partial charge on any atom is 0.337 e. The number of hydrogen-bond acceptors (Lipinski definition) is 4. The van der Waals surface area contributed by atoms with E-state index >= 15 is 0 Å². The van der Waals surface area contributed by atoms with Crippen LogP contribution in [0.5, 0.6) is 0 Å². The Morgan fingerprint density at radius 1 is 1.27 bits per heavy atom. The van der Waals surface area contributed by atoms with Crippen LogP contribution in [0.25, 0.3) is 10.9 Å². The maximum atomic E-state index is 12.7. The highest BCUT2D eigenvalue weighted by Crippen LogP contribution is 2.29. The number of aromatic nitrogens is 1. The molecule has 0 fully saturated rings. The molecule has 0 radical (unpaired) electrons. The second-order valence-electron chi connectivity index (χ2n) is 7.21. The molecule has 0 saturated heterocycles. The minimum atomic E-state index is -0.449. The molecule has 1 aliphatic rings. The van der Waals surface area contributed by atoms with Crippen molar-refractivity contribution in [3.63, 3.8) is 0 Å². The number of carbonyl (C=O) groups excluding carboxylic acids is 2. The van der Waals surface area contributed by atoms with Crippen molar-refractivity contribution < 1.29 is 19.1 Å². The summed E-state index contributed by atoms with van der Waals surface area (Å²) in [5.41, 5.74) is 3.68. The van der Waals surface area contributed by atoms with Gasteiger partial charge in [-0.3, -0.25) is 4.79 Å². The Hall–Kier alpha value is -2.34. The van der Waals surface area contributed by atoms with Crippen LogP contribution in [-0.2, 0) is 27.2 Å². The molecule has 26 heavy (non-hydrogen) atoms. The van der Waals surface area contributed by atoms with Gasteiger partial charge in [0.15, 0.2) is 0 Å². The Labute approximate surface area is 153 Å². The molecular formula is C20H26N2O4. The number of carbonyl (C=O) groups is 2. The highest BCUT2D eigenvalue weighted by molar-refractivity contribution is 5.96. The van der Waals surface area contributed by atoms with Gasteiger partial charge in [0.1, 0.15) is 6.10 Å². The second-order valence-corrected chi connectivity index (χ2v) is 7.21. The van der Waals surface area contributed by atoms with E-state index in [9.17, 15) is 9.59 Å². The molecule has 3 rings (SSSR count). The van der Waals surface area contributed by atoms with Gasteiger partial charge in [-0.05, 0) is 31.0 Å². The Morgan fingerprint density at radius 3 is 2.73 bits per heavy atom. The summed E-state index contributed by atoms with van der Waals surface area (Å²) in [6.45, 7) is 7.70. The summed E-state index contributed by atoms with van der Waals surface area (Å²) in [6.07, 6.45) is 0.315. The van der Waals surface area contributed by atoms with Crippen molar-refractivity contribution in [3.8, 4) is 0 Å². The van der Waals surface area contributed by atoms with E-state index in [-0.39, 0.29) is 11.9 Å². The van der Waals surface area contributed by atoms with E-state index < -0.39 is 6.10 Å². The average molecular weight is 358 g/mol. The van der Waals surface area contributed by atoms with Crippen LogP contribution >= 0.6 is 0 Å². The third-order valence-corrected chi connectivity index (χ3v) is 4.74. The van der Waals surface area contributed by atoms with E-state index in [2.05, 4.69) is 18.8 Å². The molecule has 2 heterocycles. The lowest BCUT2D eigenvalue weighted by Gasteiger charge is -2.29. The first kappa shape index (κ1) is 18.5. The zero-order valence-electron chi connectivity index (χ0n) is 15.8. The molecule has 140 valence electrons.